The number of nitro groups is 1. The number of hydrogen-bond donors (Lipinski definition) is 1. The van der Waals surface area contributed by atoms with Crippen molar-refractivity contribution in [2.24, 2.45) is 0 Å². The quantitative estimate of drug-likeness (QED) is 0.324. The molecule has 0 aromatic carbocycles. The number of nitrogens with one attached hydrogen (secondary N) is 1. The van der Waals surface area contributed by atoms with E-state index >= 15 is 0 Å². The van der Waals surface area contributed by atoms with Crippen molar-refractivity contribution in [3.8, 4) is 0 Å². The number of rotatable bonds is 6. The lowest BCUT2D eigenvalue weighted by Crippen LogP contribution is -2.21. The van der Waals surface area contributed by atoms with Gasteiger partial charge < -0.3 is 19.2 Å². The second-order valence-electron chi connectivity index (χ2n) is 6.28. The van der Waals surface area contributed by atoms with Gasteiger partial charge in [0.15, 0.2) is 6.61 Å². The molecule has 0 saturated carbocycles. The van der Waals surface area contributed by atoms with Crippen LogP contribution in [-0.4, -0.2) is 36.5 Å². The Morgan fingerprint density at radius 2 is 1.97 bits per heavy atom. The van der Waals surface area contributed by atoms with Crippen LogP contribution in [0, 0.1) is 10.1 Å². The van der Waals surface area contributed by atoms with Crippen molar-refractivity contribution >= 4 is 40.1 Å². The van der Waals surface area contributed by atoms with Gasteiger partial charge in [0, 0.05) is 4.88 Å². The van der Waals surface area contributed by atoms with E-state index in [9.17, 15) is 24.5 Å². The standard InChI is InChI=1S/C18H18N2O8S/c1-26-18(23)15-10-5-3-2-4-6-12(10)29-16(15)19-13(21)9-27-17(22)11-7-8-14(28-11)20(24)25/h7-8H,2-6,9H2,1H3,(H,19,21). The third-order valence-corrected chi connectivity index (χ3v) is 5.58. The van der Waals surface area contributed by atoms with Crippen molar-refractivity contribution < 1.29 is 33.2 Å². The molecule has 0 fully saturated rings. The molecule has 2 aromatic rings. The van der Waals surface area contributed by atoms with Crippen LogP contribution in [0.1, 0.15) is 50.6 Å². The molecule has 3 rings (SSSR count). The monoisotopic (exact) mass is 422 g/mol. The Balaban J connectivity index is 1.67. The minimum absolute atomic E-state index is 0.343. The number of furan rings is 1. The minimum atomic E-state index is -1.01. The van der Waals surface area contributed by atoms with E-state index in [2.05, 4.69) is 5.32 Å². The summed E-state index contributed by atoms with van der Waals surface area (Å²) < 4.78 is 14.4. The Morgan fingerprint density at radius 3 is 2.66 bits per heavy atom. The van der Waals surface area contributed by atoms with Crippen molar-refractivity contribution in [3.05, 3.63) is 44.0 Å². The Labute approximate surface area is 168 Å². The van der Waals surface area contributed by atoms with Gasteiger partial charge >= 0.3 is 17.8 Å². The molecule has 0 radical (unpaired) electrons. The lowest BCUT2D eigenvalue weighted by atomic mass is 10.1. The molecule has 0 saturated heterocycles. The van der Waals surface area contributed by atoms with Gasteiger partial charge in [0.1, 0.15) is 9.92 Å². The molecule has 1 aliphatic carbocycles. The summed E-state index contributed by atoms with van der Waals surface area (Å²) in [7, 11) is 1.28. The molecule has 1 amide bonds. The number of esters is 2. The predicted octanol–water partition coefficient (Wildman–Crippen LogP) is 3.10. The molecular weight excluding hydrogens is 404 g/mol. The Hall–Kier alpha value is -3.21. The molecule has 2 heterocycles. The van der Waals surface area contributed by atoms with Crippen LogP contribution in [0.5, 0.6) is 0 Å². The number of carbonyl (C=O) groups is 3. The summed E-state index contributed by atoms with van der Waals surface area (Å²) in [6.07, 6.45) is 4.59. The van der Waals surface area contributed by atoms with Crippen molar-refractivity contribution in [1.82, 2.24) is 0 Å². The molecule has 2 aromatic heterocycles. The number of methoxy groups -OCH3 is 1. The highest BCUT2D eigenvalue weighted by Crippen LogP contribution is 2.37. The van der Waals surface area contributed by atoms with E-state index in [4.69, 9.17) is 13.9 Å². The van der Waals surface area contributed by atoms with E-state index in [1.54, 1.807) is 0 Å². The molecule has 154 valence electrons. The Bertz CT molecular complexity index is 961. The van der Waals surface area contributed by atoms with Crippen LogP contribution in [0.25, 0.3) is 0 Å². The molecule has 0 spiro atoms. The highest BCUT2D eigenvalue weighted by atomic mass is 32.1. The third-order valence-electron chi connectivity index (χ3n) is 4.37. The van der Waals surface area contributed by atoms with Crippen LogP contribution in [-0.2, 0) is 27.1 Å². The maximum Gasteiger partial charge on any atom is 0.433 e. The van der Waals surface area contributed by atoms with Gasteiger partial charge in [0.2, 0.25) is 5.76 Å². The van der Waals surface area contributed by atoms with E-state index in [1.807, 2.05) is 0 Å². The summed E-state index contributed by atoms with van der Waals surface area (Å²) in [5, 5.41) is 13.5. The van der Waals surface area contributed by atoms with E-state index in [-0.39, 0.29) is 5.76 Å². The first-order chi connectivity index (χ1) is 13.9. The van der Waals surface area contributed by atoms with E-state index in [0.717, 1.165) is 54.7 Å². The van der Waals surface area contributed by atoms with Crippen molar-refractivity contribution in [2.45, 2.75) is 32.1 Å². The number of anilines is 1. The highest BCUT2D eigenvalue weighted by Gasteiger charge is 2.27. The normalized spacial score (nSPS) is 13.1. The molecule has 0 bridgehead atoms. The predicted molar refractivity (Wildman–Crippen MR) is 101 cm³/mol. The van der Waals surface area contributed by atoms with Gasteiger partial charge in [-0.2, -0.15) is 0 Å². The fraction of sp³-hybridized carbons (Fsp3) is 0.389. The van der Waals surface area contributed by atoms with E-state index < -0.39 is 35.3 Å². The van der Waals surface area contributed by atoms with Gasteiger partial charge in [-0.05, 0) is 37.3 Å². The largest absolute Gasteiger partial charge is 0.465 e. The smallest absolute Gasteiger partial charge is 0.433 e. The second-order valence-corrected chi connectivity index (χ2v) is 7.38. The fourth-order valence-corrected chi connectivity index (χ4v) is 4.34. The number of amides is 1. The van der Waals surface area contributed by atoms with Crippen molar-refractivity contribution in [3.63, 3.8) is 0 Å². The lowest BCUT2D eigenvalue weighted by molar-refractivity contribution is -0.402. The van der Waals surface area contributed by atoms with E-state index in [0.29, 0.717) is 10.6 Å². The molecule has 1 aliphatic rings. The lowest BCUT2D eigenvalue weighted by Gasteiger charge is -2.07. The summed E-state index contributed by atoms with van der Waals surface area (Å²) >= 11 is 1.32. The van der Waals surface area contributed by atoms with Crippen LogP contribution in [0.15, 0.2) is 16.5 Å². The van der Waals surface area contributed by atoms with Crippen molar-refractivity contribution in [2.75, 3.05) is 19.0 Å². The van der Waals surface area contributed by atoms with Gasteiger partial charge in [-0.1, -0.05) is 6.42 Å². The minimum Gasteiger partial charge on any atom is -0.465 e. The maximum absolute atomic E-state index is 12.2. The average Bonchev–Trinajstić information content (AvgIpc) is 3.25. The van der Waals surface area contributed by atoms with E-state index in [1.165, 1.54) is 18.4 Å². The van der Waals surface area contributed by atoms with Crippen LogP contribution >= 0.6 is 11.3 Å². The first-order valence-corrected chi connectivity index (χ1v) is 9.66. The summed E-state index contributed by atoms with van der Waals surface area (Å²) in [4.78, 5) is 47.2. The number of thiophene rings is 1. The topological polar surface area (TPSA) is 138 Å². The maximum atomic E-state index is 12.2. The van der Waals surface area contributed by atoms with Gasteiger partial charge in [-0.3, -0.25) is 14.9 Å². The molecular formula is C18H18N2O8S. The SMILES string of the molecule is COC(=O)c1c(NC(=O)COC(=O)c2ccc([N+](=O)[O-])o2)sc2c1CCCCC2. The zero-order valence-corrected chi connectivity index (χ0v) is 16.3. The number of nitrogens with zero attached hydrogens (tertiary/aromatic N) is 1. The molecule has 0 atom stereocenters. The average molecular weight is 422 g/mol. The highest BCUT2D eigenvalue weighted by molar-refractivity contribution is 7.17. The third kappa shape index (κ3) is 4.62. The van der Waals surface area contributed by atoms with Crippen LogP contribution in [0.2, 0.25) is 0 Å². The summed E-state index contributed by atoms with van der Waals surface area (Å²) in [6, 6.07) is 2.10. The first kappa shape index (κ1) is 20.5. The summed E-state index contributed by atoms with van der Waals surface area (Å²) in [5.41, 5.74) is 1.24. The van der Waals surface area contributed by atoms with Gasteiger partial charge in [0.05, 0.1) is 18.7 Å². The molecule has 10 nitrogen and oxygen atoms in total. The number of aryl methyl sites for hydroxylation is 1. The molecule has 0 unspecified atom stereocenters. The van der Waals surface area contributed by atoms with Gasteiger partial charge in [0.25, 0.3) is 5.91 Å². The van der Waals surface area contributed by atoms with Crippen LogP contribution in [0.3, 0.4) is 0 Å². The Morgan fingerprint density at radius 1 is 1.21 bits per heavy atom. The zero-order chi connectivity index (χ0) is 21.0. The molecule has 29 heavy (non-hydrogen) atoms. The number of carbonyl (C=O) groups excluding carboxylic acids is 3. The molecule has 1 N–H and O–H groups in total. The molecule has 11 heteroatoms. The number of ether oxygens (including phenoxy) is 2. The van der Waals surface area contributed by atoms with Crippen LogP contribution in [0.4, 0.5) is 10.9 Å². The molecule has 0 aliphatic heterocycles. The van der Waals surface area contributed by atoms with Crippen LogP contribution < -0.4 is 5.32 Å². The number of hydrogen-bond acceptors (Lipinski definition) is 9. The second kappa shape index (κ2) is 8.86. The van der Waals surface area contributed by atoms with Gasteiger partial charge in [-0.25, -0.2) is 9.59 Å². The Kier molecular flexibility index (Phi) is 6.27. The first-order valence-electron chi connectivity index (χ1n) is 8.84. The zero-order valence-electron chi connectivity index (χ0n) is 15.5. The summed E-state index contributed by atoms with van der Waals surface area (Å²) in [6.45, 7) is -0.642. The fourth-order valence-electron chi connectivity index (χ4n) is 3.05. The summed E-state index contributed by atoms with van der Waals surface area (Å²) in [5.74, 6) is -3.18. The van der Waals surface area contributed by atoms with Crippen molar-refractivity contribution in [1.29, 1.82) is 0 Å². The van der Waals surface area contributed by atoms with Gasteiger partial charge in [-0.15, -0.1) is 11.3 Å². The number of fused-ring (bicyclic) bond motifs is 1.